The molecule has 92 valence electrons. The summed E-state index contributed by atoms with van der Waals surface area (Å²) in [6.45, 7) is 6.44. The van der Waals surface area contributed by atoms with Crippen molar-refractivity contribution in [1.29, 1.82) is 0 Å². The van der Waals surface area contributed by atoms with Crippen molar-refractivity contribution in [3.63, 3.8) is 0 Å². The Morgan fingerprint density at radius 2 is 1.50 bits per heavy atom. The van der Waals surface area contributed by atoms with Crippen molar-refractivity contribution in [3.05, 3.63) is 35.9 Å². The summed E-state index contributed by atoms with van der Waals surface area (Å²) in [7, 11) is -3.42. The summed E-state index contributed by atoms with van der Waals surface area (Å²) < 4.78 is 38.1. The summed E-state index contributed by atoms with van der Waals surface area (Å²) >= 11 is 0. The van der Waals surface area contributed by atoms with E-state index in [-0.39, 0.29) is 5.56 Å². The summed E-state index contributed by atoms with van der Waals surface area (Å²) in [6.07, 6.45) is 1.25. The lowest BCUT2D eigenvalue weighted by molar-refractivity contribution is 0.0893. The van der Waals surface area contributed by atoms with Crippen molar-refractivity contribution in [2.45, 2.75) is 25.9 Å². The Balaban J connectivity index is 0.000000673. The lowest BCUT2D eigenvalue weighted by Gasteiger charge is -2.20. The highest BCUT2D eigenvalue weighted by atomic mass is 31.2. The predicted octanol–water partition coefficient (Wildman–Crippen LogP) is 4.77. The third kappa shape index (κ3) is 4.05. The first-order valence-corrected chi connectivity index (χ1v) is 7.85. The molecule has 0 radical (unpaired) electrons. The molecule has 0 aromatic heterocycles. The molecule has 0 saturated heterocycles. The molecule has 0 spiro atoms. The molecule has 0 fully saturated rings. The lowest BCUT2D eigenvalue weighted by atomic mass is 10.2. The first kappa shape index (κ1) is 15.3. The predicted molar refractivity (Wildman–Crippen MR) is 65.8 cm³/mol. The van der Waals surface area contributed by atoms with E-state index in [0.29, 0.717) is 0 Å². The molecule has 1 aromatic rings. The van der Waals surface area contributed by atoms with Crippen LogP contribution in [0.2, 0.25) is 0 Å². The molecule has 0 atom stereocenters. The Labute approximate surface area is 96.2 Å². The molecule has 16 heavy (non-hydrogen) atoms. The molecule has 1 aromatic carbocycles. The van der Waals surface area contributed by atoms with Gasteiger partial charge in [-0.2, -0.15) is 8.78 Å². The Morgan fingerprint density at radius 1 is 1.12 bits per heavy atom. The van der Waals surface area contributed by atoms with Gasteiger partial charge in [0.15, 0.2) is 7.14 Å². The van der Waals surface area contributed by atoms with Crippen LogP contribution in [0.1, 0.15) is 25.8 Å². The van der Waals surface area contributed by atoms with Gasteiger partial charge in [0.05, 0.1) is 0 Å². The minimum absolute atomic E-state index is 0.177. The highest BCUT2D eigenvalue weighted by Crippen LogP contribution is 2.59. The van der Waals surface area contributed by atoms with Crippen molar-refractivity contribution < 1.29 is 13.3 Å². The second-order valence-corrected chi connectivity index (χ2v) is 7.23. The van der Waals surface area contributed by atoms with Crippen molar-refractivity contribution in [2.75, 3.05) is 13.3 Å². The lowest BCUT2D eigenvalue weighted by Crippen LogP contribution is -2.12. The standard InChI is InChI=1S/C9H11F2OP.C3H8/c1-13(2,12)9(10,11)8-6-4-3-5-7-8;1-3-2/h3-7H,1-2H3;3H2,1-2H3. The van der Waals surface area contributed by atoms with Crippen molar-refractivity contribution in [2.24, 2.45) is 0 Å². The SMILES string of the molecule is CCC.CP(C)(=O)C(F)(F)c1ccccc1. The van der Waals surface area contributed by atoms with Crippen LogP contribution in [-0.4, -0.2) is 13.3 Å². The van der Waals surface area contributed by atoms with Crippen LogP contribution in [0.15, 0.2) is 30.3 Å². The van der Waals surface area contributed by atoms with Gasteiger partial charge in [-0.25, -0.2) is 0 Å². The molecular formula is C12H19F2OP. The maximum absolute atomic E-state index is 13.4. The number of benzene rings is 1. The largest absolute Gasteiger partial charge is 0.322 e. The van der Waals surface area contributed by atoms with Crippen LogP contribution in [0.4, 0.5) is 8.78 Å². The molecule has 0 bridgehead atoms. The fourth-order valence-electron chi connectivity index (χ4n) is 0.950. The average Bonchev–Trinajstić information content (AvgIpc) is 2.18. The zero-order valence-corrected chi connectivity index (χ0v) is 11.1. The van der Waals surface area contributed by atoms with Gasteiger partial charge in [-0.15, -0.1) is 0 Å². The van der Waals surface area contributed by atoms with Gasteiger partial charge in [0.25, 0.3) is 0 Å². The Kier molecular flexibility index (Phi) is 5.88. The molecule has 0 saturated carbocycles. The first-order chi connectivity index (χ1) is 7.27. The van der Waals surface area contributed by atoms with E-state index in [4.69, 9.17) is 0 Å². The summed E-state index contributed by atoms with van der Waals surface area (Å²) in [5.74, 6) is 0. The number of alkyl halides is 2. The smallest absolute Gasteiger partial charge is 0.317 e. The van der Waals surface area contributed by atoms with Crippen LogP contribution >= 0.6 is 7.14 Å². The molecule has 0 N–H and O–H groups in total. The monoisotopic (exact) mass is 248 g/mol. The highest BCUT2D eigenvalue weighted by molar-refractivity contribution is 7.63. The molecule has 0 heterocycles. The van der Waals surface area contributed by atoms with Crippen LogP contribution in [0.25, 0.3) is 0 Å². The van der Waals surface area contributed by atoms with Gasteiger partial charge in [0, 0.05) is 5.56 Å². The van der Waals surface area contributed by atoms with E-state index < -0.39 is 12.8 Å². The Morgan fingerprint density at radius 3 is 1.81 bits per heavy atom. The fraction of sp³-hybridized carbons (Fsp3) is 0.500. The summed E-state index contributed by atoms with van der Waals surface area (Å²) in [6, 6.07) is 7.26. The topological polar surface area (TPSA) is 17.1 Å². The van der Waals surface area contributed by atoms with Gasteiger partial charge < -0.3 is 4.57 Å². The van der Waals surface area contributed by atoms with E-state index in [1.807, 2.05) is 0 Å². The second-order valence-electron chi connectivity index (χ2n) is 3.97. The van der Waals surface area contributed by atoms with Crippen molar-refractivity contribution in [3.8, 4) is 0 Å². The zero-order valence-electron chi connectivity index (χ0n) is 10.2. The van der Waals surface area contributed by atoms with Crippen LogP contribution in [0, 0.1) is 0 Å². The highest BCUT2D eigenvalue weighted by Gasteiger charge is 2.44. The molecule has 0 amide bonds. The van der Waals surface area contributed by atoms with Gasteiger partial charge >= 0.3 is 5.66 Å². The van der Waals surface area contributed by atoms with Gasteiger partial charge in [-0.3, -0.25) is 0 Å². The van der Waals surface area contributed by atoms with E-state index >= 15 is 0 Å². The summed E-state index contributed by atoms with van der Waals surface area (Å²) in [5, 5.41) is 0. The third-order valence-corrected chi connectivity index (χ3v) is 3.41. The quantitative estimate of drug-likeness (QED) is 0.688. The fourth-order valence-corrected chi connectivity index (χ4v) is 1.72. The van der Waals surface area contributed by atoms with Crippen molar-refractivity contribution >= 4 is 7.14 Å². The number of hydrogen-bond acceptors (Lipinski definition) is 1. The maximum Gasteiger partial charge on any atom is 0.322 e. The molecule has 0 aliphatic rings. The molecule has 1 nitrogen and oxygen atoms in total. The molecule has 1 rings (SSSR count). The molecule has 4 heteroatoms. The minimum Gasteiger partial charge on any atom is -0.317 e. The summed E-state index contributed by atoms with van der Waals surface area (Å²) in [5.41, 5.74) is -3.39. The van der Waals surface area contributed by atoms with Crippen LogP contribution in [0.3, 0.4) is 0 Å². The van der Waals surface area contributed by atoms with Crippen LogP contribution < -0.4 is 0 Å². The van der Waals surface area contributed by atoms with E-state index in [2.05, 4.69) is 13.8 Å². The van der Waals surface area contributed by atoms with E-state index in [1.165, 1.54) is 30.7 Å². The second kappa shape index (κ2) is 6.15. The minimum atomic E-state index is -3.42. The summed E-state index contributed by atoms with van der Waals surface area (Å²) in [4.78, 5) is 0. The normalized spacial score (nSPS) is 11.6. The average molecular weight is 248 g/mol. The number of hydrogen-bond donors (Lipinski definition) is 0. The van der Waals surface area contributed by atoms with Gasteiger partial charge in [0.2, 0.25) is 0 Å². The molecule has 0 aliphatic carbocycles. The van der Waals surface area contributed by atoms with Crippen LogP contribution in [-0.2, 0) is 10.2 Å². The Hall–Kier alpha value is -0.690. The molecule has 0 aliphatic heterocycles. The van der Waals surface area contributed by atoms with E-state index in [0.717, 1.165) is 13.3 Å². The van der Waals surface area contributed by atoms with Gasteiger partial charge in [0.1, 0.15) is 0 Å². The van der Waals surface area contributed by atoms with Gasteiger partial charge in [-0.05, 0) is 13.3 Å². The third-order valence-electron chi connectivity index (χ3n) is 1.80. The maximum atomic E-state index is 13.4. The zero-order chi connectivity index (χ0) is 12.8. The van der Waals surface area contributed by atoms with Crippen LogP contribution in [0.5, 0.6) is 0 Å². The molecule has 0 unspecified atom stereocenters. The first-order valence-electron chi connectivity index (χ1n) is 5.25. The van der Waals surface area contributed by atoms with E-state index in [9.17, 15) is 13.3 Å². The van der Waals surface area contributed by atoms with Crippen molar-refractivity contribution in [1.82, 2.24) is 0 Å². The Bertz CT molecular complexity index is 343. The number of rotatable bonds is 2. The number of halogens is 2. The molecular weight excluding hydrogens is 229 g/mol. The van der Waals surface area contributed by atoms with E-state index in [1.54, 1.807) is 6.07 Å². The van der Waals surface area contributed by atoms with Gasteiger partial charge in [-0.1, -0.05) is 50.6 Å².